The van der Waals surface area contributed by atoms with Crippen LogP contribution in [-0.4, -0.2) is 24.2 Å². The molecule has 0 spiro atoms. The maximum Gasteiger partial charge on any atom is 0.335 e. The minimum Gasteiger partial charge on any atom is -0.478 e. The van der Waals surface area contributed by atoms with Crippen molar-refractivity contribution in [1.29, 1.82) is 0 Å². The van der Waals surface area contributed by atoms with Crippen LogP contribution in [0.15, 0.2) is 18.2 Å². The van der Waals surface area contributed by atoms with E-state index in [0.29, 0.717) is 11.7 Å². The lowest BCUT2D eigenvalue weighted by atomic mass is 9.86. The van der Waals surface area contributed by atoms with Crippen LogP contribution in [-0.2, 0) is 0 Å². The summed E-state index contributed by atoms with van der Waals surface area (Å²) in [5.74, 6) is -0.187. The second-order valence-corrected chi connectivity index (χ2v) is 5.62. The minimum atomic E-state index is -0.938. The standard InChI is InChI=1S/C15H22N2O2/c1-10-4-3-5-12(8-10)17(2)14-7-6-11(15(18)19)9-13(14)16/h6-7,9-10,12H,3-5,8,16H2,1-2H3,(H,18,19). The SMILES string of the molecule is CC1CCCC(N(C)c2ccc(C(=O)O)cc2N)C1. The highest BCUT2D eigenvalue weighted by molar-refractivity contribution is 5.90. The van der Waals surface area contributed by atoms with Crippen LogP contribution in [0.4, 0.5) is 11.4 Å². The second-order valence-electron chi connectivity index (χ2n) is 5.62. The van der Waals surface area contributed by atoms with Crippen molar-refractivity contribution in [2.24, 2.45) is 5.92 Å². The van der Waals surface area contributed by atoms with Crippen LogP contribution < -0.4 is 10.6 Å². The molecule has 0 saturated heterocycles. The van der Waals surface area contributed by atoms with Crippen LogP contribution in [0, 0.1) is 5.92 Å². The molecule has 1 saturated carbocycles. The Morgan fingerprint density at radius 3 is 2.74 bits per heavy atom. The van der Waals surface area contributed by atoms with Crippen molar-refractivity contribution in [2.45, 2.75) is 38.6 Å². The number of carboxylic acids is 1. The maximum absolute atomic E-state index is 10.9. The van der Waals surface area contributed by atoms with Crippen LogP contribution in [0.5, 0.6) is 0 Å². The van der Waals surface area contributed by atoms with Crippen molar-refractivity contribution in [1.82, 2.24) is 0 Å². The molecular weight excluding hydrogens is 240 g/mol. The van der Waals surface area contributed by atoms with Gasteiger partial charge in [0.2, 0.25) is 0 Å². The Morgan fingerprint density at radius 1 is 1.42 bits per heavy atom. The average molecular weight is 262 g/mol. The van der Waals surface area contributed by atoms with Crippen molar-refractivity contribution in [3.63, 3.8) is 0 Å². The van der Waals surface area contributed by atoms with Crippen LogP contribution in [0.3, 0.4) is 0 Å². The lowest BCUT2D eigenvalue weighted by Gasteiger charge is -2.36. The number of nitrogens with zero attached hydrogens (tertiary/aromatic N) is 1. The molecule has 2 unspecified atom stereocenters. The van der Waals surface area contributed by atoms with Crippen molar-refractivity contribution in [3.05, 3.63) is 23.8 Å². The summed E-state index contributed by atoms with van der Waals surface area (Å²) in [6.07, 6.45) is 4.92. The molecule has 1 aromatic rings. The van der Waals surface area contributed by atoms with Crippen molar-refractivity contribution in [3.8, 4) is 0 Å². The average Bonchev–Trinajstić information content (AvgIpc) is 2.37. The summed E-state index contributed by atoms with van der Waals surface area (Å²) in [5, 5.41) is 8.95. The van der Waals surface area contributed by atoms with Crippen LogP contribution in [0.2, 0.25) is 0 Å². The molecule has 1 aromatic carbocycles. The number of nitrogen functional groups attached to an aromatic ring is 1. The van der Waals surface area contributed by atoms with Gasteiger partial charge in [-0.05, 0) is 37.0 Å². The molecule has 0 radical (unpaired) electrons. The van der Waals surface area contributed by atoms with Gasteiger partial charge in [-0.2, -0.15) is 0 Å². The van der Waals surface area contributed by atoms with E-state index < -0.39 is 5.97 Å². The van der Waals surface area contributed by atoms with E-state index in [0.717, 1.165) is 11.6 Å². The molecule has 2 rings (SSSR count). The van der Waals surface area contributed by atoms with E-state index in [1.54, 1.807) is 12.1 Å². The highest BCUT2D eigenvalue weighted by Gasteiger charge is 2.23. The highest BCUT2D eigenvalue weighted by Crippen LogP contribution is 2.32. The molecule has 1 aliphatic rings. The lowest BCUT2D eigenvalue weighted by molar-refractivity contribution is 0.0697. The molecule has 3 N–H and O–H groups in total. The summed E-state index contributed by atoms with van der Waals surface area (Å²) in [5.41, 5.74) is 7.72. The largest absolute Gasteiger partial charge is 0.478 e. The van der Waals surface area contributed by atoms with Gasteiger partial charge in [0.25, 0.3) is 0 Å². The predicted molar refractivity (Wildman–Crippen MR) is 77.6 cm³/mol. The first kappa shape index (κ1) is 13.7. The number of aromatic carboxylic acids is 1. The third-order valence-electron chi connectivity index (χ3n) is 4.11. The monoisotopic (exact) mass is 262 g/mol. The first-order valence-corrected chi connectivity index (χ1v) is 6.84. The van der Waals surface area contributed by atoms with Crippen molar-refractivity contribution < 1.29 is 9.90 Å². The van der Waals surface area contributed by atoms with Gasteiger partial charge in [-0.3, -0.25) is 0 Å². The van der Waals surface area contributed by atoms with Gasteiger partial charge in [0.05, 0.1) is 16.9 Å². The van der Waals surface area contributed by atoms with Gasteiger partial charge >= 0.3 is 5.97 Å². The summed E-state index contributed by atoms with van der Waals surface area (Å²) in [6.45, 7) is 2.29. The van der Waals surface area contributed by atoms with Crippen LogP contribution >= 0.6 is 0 Å². The zero-order valence-electron chi connectivity index (χ0n) is 11.6. The van der Waals surface area contributed by atoms with Crippen molar-refractivity contribution >= 4 is 17.3 Å². The molecule has 0 heterocycles. The van der Waals surface area contributed by atoms with E-state index >= 15 is 0 Å². The zero-order chi connectivity index (χ0) is 14.0. The summed E-state index contributed by atoms with van der Waals surface area (Å²) in [7, 11) is 2.05. The summed E-state index contributed by atoms with van der Waals surface area (Å²) in [4.78, 5) is 13.1. The normalized spacial score (nSPS) is 23.1. The number of nitrogens with two attached hydrogens (primary N) is 1. The Kier molecular flexibility index (Phi) is 3.98. The predicted octanol–water partition coefficient (Wildman–Crippen LogP) is 2.98. The maximum atomic E-state index is 10.9. The van der Waals surface area contributed by atoms with E-state index in [4.69, 9.17) is 10.8 Å². The van der Waals surface area contributed by atoms with Gasteiger partial charge in [-0.1, -0.05) is 19.8 Å². The van der Waals surface area contributed by atoms with E-state index in [9.17, 15) is 4.79 Å². The molecule has 0 aromatic heterocycles. The fourth-order valence-electron chi connectivity index (χ4n) is 2.96. The quantitative estimate of drug-likeness (QED) is 0.822. The first-order chi connectivity index (χ1) is 8.99. The molecular formula is C15H22N2O2. The number of benzene rings is 1. The Labute approximate surface area is 114 Å². The molecule has 1 aliphatic carbocycles. The number of carboxylic acid groups (broad SMARTS) is 1. The van der Waals surface area contributed by atoms with Gasteiger partial charge in [-0.25, -0.2) is 4.79 Å². The fourth-order valence-corrected chi connectivity index (χ4v) is 2.96. The molecule has 1 fully saturated rings. The van der Waals surface area contributed by atoms with Crippen LogP contribution in [0.25, 0.3) is 0 Å². The van der Waals surface area contributed by atoms with Gasteiger partial charge in [0, 0.05) is 13.1 Å². The Morgan fingerprint density at radius 2 is 2.16 bits per heavy atom. The Balaban J connectivity index is 2.19. The number of anilines is 2. The summed E-state index contributed by atoms with van der Waals surface area (Å²) >= 11 is 0. The number of hydrogen-bond acceptors (Lipinski definition) is 3. The molecule has 0 aliphatic heterocycles. The molecule has 4 nitrogen and oxygen atoms in total. The van der Waals surface area contributed by atoms with Gasteiger partial charge in [-0.15, -0.1) is 0 Å². The van der Waals surface area contributed by atoms with Gasteiger partial charge in [0.1, 0.15) is 0 Å². The Bertz CT molecular complexity index is 473. The third-order valence-corrected chi connectivity index (χ3v) is 4.11. The third kappa shape index (κ3) is 3.00. The summed E-state index contributed by atoms with van der Waals surface area (Å²) in [6, 6.07) is 5.48. The second kappa shape index (κ2) is 5.51. The highest BCUT2D eigenvalue weighted by atomic mass is 16.4. The molecule has 4 heteroatoms. The lowest BCUT2D eigenvalue weighted by Crippen LogP contribution is -2.36. The fraction of sp³-hybridized carbons (Fsp3) is 0.533. The number of rotatable bonds is 3. The number of hydrogen-bond donors (Lipinski definition) is 2. The van der Waals surface area contributed by atoms with Crippen molar-refractivity contribution in [2.75, 3.05) is 17.7 Å². The Hall–Kier alpha value is -1.71. The smallest absolute Gasteiger partial charge is 0.335 e. The van der Waals surface area contributed by atoms with E-state index in [-0.39, 0.29) is 5.56 Å². The topological polar surface area (TPSA) is 66.6 Å². The van der Waals surface area contributed by atoms with E-state index in [1.807, 2.05) is 6.07 Å². The molecule has 104 valence electrons. The molecule has 0 amide bonds. The zero-order valence-corrected chi connectivity index (χ0v) is 11.6. The number of carbonyl (C=O) groups is 1. The van der Waals surface area contributed by atoms with Gasteiger partial charge < -0.3 is 15.7 Å². The summed E-state index contributed by atoms with van der Waals surface area (Å²) < 4.78 is 0. The molecule has 19 heavy (non-hydrogen) atoms. The molecule has 0 bridgehead atoms. The first-order valence-electron chi connectivity index (χ1n) is 6.84. The minimum absolute atomic E-state index is 0.242. The van der Waals surface area contributed by atoms with E-state index in [2.05, 4.69) is 18.9 Å². The molecule has 2 atom stereocenters. The van der Waals surface area contributed by atoms with Crippen LogP contribution in [0.1, 0.15) is 43.0 Å². The van der Waals surface area contributed by atoms with E-state index in [1.165, 1.54) is 25.7 Å². The van der Waals surface area contributed by atoms with Gasteiger partial charge in [0.15, 0.2) is 0 Å².